The Morgan fingerprint density at radius 2 is 1.77 bits per heavy atom. The molecule has 5 rings (SSSR count). The molecule has 0 bridgehead atoms. The SMILES string of the molecule is O=S(=O)(CCO)c1cccc(OC[C@@H](O)CN[C@H]2COC3(CCN(S(=O)(=O)c4cccc(-c5cccnc5)c4)CC3)C2)c1. The van der Waals surface area contributed by atoms with E-state index in [0.29, 0.717) is 44.7 Å². The summed E-state index contributed by atoms with van der Waals surface area (Å²) in [6.07, 6.45) is 4.40. The Hall–Kier alpha value is -2.91. The molecule has 2 saturated heterocycles. The number of hydrogen-bond donors (Lipinski definition) is 3. The van der Waals surface area contributed by atoms with Crippen LogP contribution in [-0.2, 0) is 24.6 Å². The van der Waals surface area contributed by atoms with Crippen molar-refractivity contribution in [2.45, 2.75) is 46.8 Å². The Kier molecular flexibility index (Phi) is 9.81. The molecule has 2 fully saturated rings. The lowest BCUT2D eigenvalue weighted by molar-refractivity contribution is -0.0312. The second-order valence-electron chi connectivity index (χ2n) is 11.0. The van der Waals surface area contributed by atoms with Gasteiger partial charge >= 0.3 is 0 Å². The van der Waals surface area contributed by atoms with Gasteiger partial charge in [-0.25, -0.2) is 16.8 Å². The number of nitrogens with zero attached hydrogens (tertiary/aromatic N) is 2. The van der Waals surface area contributed by atoms with Gasteiger partial charge in [0.2, 0.25) is 10.0 Å². The van der Waals surface area contributed by atoms with Crippen molar-refractivity contribution in [3.8, 4) is 16.9 Å². The molecule has 3 N–H and O–H groups in total. The predicted octanol–water partition coefficient (Wildman–Crippen LogP) is 1.86. The van der Waals surface area contributed by atoms with Crippen LogP contribution in [0.5, 0.6) is 5.75 Å². The highest BCUT2D eigenvalue weighted by molar-refractivity contribution is 7.91. The highest BCUT2D eigenvalue weighted by Gasteiger charge is 2.44. The summed E-state index contributed by atoms with van der Waals surface area (Å²) in [7, 11) is -7.27. The molecule has 1 aromatic heterocycles. The minimum absolute atomic E-state index is 0.000855. The van der Waals surface area contributed by atoms with Crippen molar-refractivity contribution in [3.05, 3.63) is 73.1 Å². The number of hydrogen-bond acceptors (Lipinski definition) is 10. The lowest BCUT2D eigenvalue weighted by Crippen LogP contribution is -2.47. The molecule has 2 aliphatic heterocycles. The standard InChI is InChI=1S/C30H37N3O8S2/c34-14-15-42(36,37)28-7-2-6-27(17-28)40-22-26(35)20-32-25-18-30(41-21-25)9-12-33(13-10-30)43(38,39)29-8-1-4-23(16-29)24-5-3-11-31-19-24/h1-8,11,16-17,19,25-26,32,34-35H,9-10,12-15,18,20-22H2/t25-,26+/m1/s1. The van der Waals surface area contributed by atoms with Crippen LogP contribution >= 0.6 is 0 Å². The van der Waals surface area contributed by atoms with Crippen molar-refractivity contribution >= 4 is 19.9 Å². The third kappa shape index (κ3) is 7.60. The van der Waals surface area contributed by atoms with Crippen molar-refractivity contribution in [1.29, 1.82) is 0 Å². The monoisotopic (exact) mass is 631 g/mol. The number of aliphatic hydroxyl groups excluding tert-OH is 2. The first kappa shape index (κ1) is 31.5. The Bertz CT molecular complexity index is 1590. The maximum absolute atomic E-state index is 13.5. The van der Waals surface area contributed by atoms with E-state index in [9.17, 15) is 21.9 Å². The summed E-state index contributed by atoms with van der Waals surface area (Å²) >= 11 is 0. The first-order valence-electron chi connectivity index (χ1n) is 14.2. The van der Waals surface area contributed by atoms with Crippen LogP contribution in [0, 0.1) is 0 Å². The topological polar surface area (TPSA) is 155 Å². The van der Waals surface area contributed by atoms with Gasteiger partial charge in [-0.05, 0) is 61.2 Å². The van der Waals surface area contributed by atoms with Gasteiger partial charge in [-0.15, -0.1) is 0 Å². The normalized spacial score (nSPS) is 19.8. The molecule has 232 valence electrons. The number of pyridine rings is 1. The van der Waals surface area contributed by atoms with Crippen molar-refractivity contribution in [2.24, 2.45) is 0 Å². The molecule has 0 saturated carbocycles. The fourth-order valence-corrected chi connectivity index (χ4v) is 8.07. The van der Waals surface area contributed by atoms with Gasteiger partial charge in [0, 0.05) is 43.6 Å². The lowest BCUT2D eigenvalue weighted by Gasteiger charge is -2.38. The molecule has 1 spiro atoms. The molecule has 2 atom stereocenters. The van der Waals surface area contributed by atoms with E-state index in [4.69, 9.17) is 14.6 Å². The maximum Gasteiger partial charge on any atom is 0.243 e. The third-order valence-corrected chi connectivity index (χ3v) is 11.5. The first-order chi connectivity index (χ1) is 20.6. The third-order valence-electron chi connectivity index (χ3n) is 7.92. The van der Waals surface area contributed by atoms with Crippen LogP contribution in [0.4, 0.5) is 0 Å². The molecule has 3 heterocycles. The highest BCUT2D eigenvalue weighted by Crippen LogP contribution is 2.37. The molecular formula is C30H37N3O8S2. The van der Waals surface area contributed by atoms with Crippen molar-refractivity contribution < 1.29 is 36.5 Å². The number of sulfonamides is 1. The number of nitrogens with one attached hydrogen (secondary N) is 1. The van der Waals surface area contributed by atoms with E-state index in [1.807, 2.05) is 18.2 Å². The number of aliphatic hydroxyl groups is 2. The van der Waals surface area contributed by atoms with Gasteiger partial charge in [0.15, 0.2) is 9.84 Å². The summed E-state index contributed by atoms with van der Waals surface area (Å²) < 4.78 is 64.6. The highest BCUT2D eigenvalue weighted by atomic mass is 32.2. The van der Waals surface area contributed by atoms with E-state index in [2.05, 4.69) is 10.3 Å². The minimum Gasteiger partial charge on any atom is -0.491 e. The van der Waals surface area contributed by atoms with Crippen molar-refractivity contribution in [3.63, 3.8) is 0 Å². The van der Waals surface area contributed by atoms with Crippen LogP contribution in [0.1, 0.15) is 19.3 Å². The molecular weight excluding hydrogens is 594 g/mol. The van der Waals surface area contributed by atoms with Gasteiger partial charge in [0.05, 0.1) is 34.4 Å². The summed E-state index contributed by atoms with van der Waals surface area (Å²) in [4.78, 5) is 4.43. The van der Waals surface area contributed by atoms with Gasteiger partial charge in [0.1, 0.15) is 18.5 Å². The Morgan fingerprint density at radius 3 is 2.51 bits per heavy atom. The second kappa shape index (κ2) is 13.4. The zero-order chi connectivity index (χ0) is 30.5. The quantitative estimate of drug-likeness (QED) is 0.270. The lowest BCUT2D eigenvalue weighted by atomic mass is 9.88. The summed E-state index contributed by atoms with van der Waals surface area (Å²) in [5, 5.41) is 22.7. The molecule has 2 aromatic carbocycles. The van der Waals surface area contributed by atoms with Gasteiger partial charge in [-0.1, -0.05) is 24.3 Å². The number of aromatic nitrogens is 1. The summed E-state index contributed by atoms with van der Waals surface area (Å²) in [5.41, 5.74) is 1.23. The average Bonchev–Trinajstić information content (AvgIpc) is 3.41. The Labute approximate surface area is 252 Å². The van der Waals surface area contributed by atoms with Crippen LogP contribution in [0.3, 0.4) is 0 Å². The fraction of sp³-hybridized carbons (Fsp3) is 0.433. The van der Waals surface area contributed by atoms with Crippen LogP contribution in [0.15, 0.2) is 82.8 Å². The van der Waals surface area contributed by atoms with E-state index < -0.39 is 38.2 Å². The molecule has 11 nitrogen and oxygen atoms in total. The molecule has 13 heteroatoms. The minimum atomic E-state index is -3.67. The number of ether oxygens (including phenoxy) is 2. The van der Waals surface area contributed by atoms with Crippen LogP contribution in [0.2, 0.25) is 0 Å². The number of piperidine rings is 1. The molecule has 43 heavy (non-hydrogen) atoms. The molecule has 2 aliphatic rings. The number of rotatable bonds is 12. The zero-order valence-electron chi connectivity index (χ0n) is 23.7. The smallest absolute Gasteiger partial charge is 0.243 e. The van der Waals surface area contributed by atoms with Crippen molar-refractivity contribution in [2.75, 3.05) is 45.2 Å². The van der Waals surface area contributed by atoms with Crippen LogP contribution < -0.4 is 10.1 Å². The largest absolute Gasteiger partial charge is 0.491 e. The molecule has 3 aromatic rings. The Balaban J connectivity index is 1.09. The molecule has 0 unspecified atom stereocenters. The second-order valence-corrected chi connectivity index (χ2v) is 15.0. The molecule has 0 radical (unpaired) electrons. The number of benzene rings is 2. The fourth-order valence-electron chi connectivity index (χ4n) is 5.53. The zero-order valence-corrected chi connectivity index (χ0v) is 25.3. The number of sulfone groups is 1. The molecule has 0 aliphatic carbocycles. The summed E-state index contributed by atoms with van der Waals surface area (Å²) in [6, 6.07) is 16.6. The van der Waals surface area contributed by atoms with E-state index in [0.717, 1.165) is 11.1 Å². The van der Waals surface area contributed by atoms with E-state index in [1.54, 1.807) is 42.7 Å². The van der Waals surface area contributed by atoms with Crippen molar-refractivity contribution in [1.82, 2.24) is 14.6 Å². The van der Waals surface area contributed by atoms with Crippen LogP contribution in [-0.4, -0.2) is 99.3 Å². The average molecular weight is 632 g/mol. The summed E-state index contributed by atoms with van der Waals surface area (Å²) in [5.74, 6) is -0.0607. The first-order valence-corrected chi connectivity index (χ1v) is 17.3. The van der Waals surface area contributed by atoms with E-state index >= 15 is 0 Å². The van der Waals surface area contributed by atoms with E-state index in [1.165, 1.54) is 16.4 Å². The van der Waals surface area contributed by atoms with E-state index in [-0.39, 0.29) is 34.7 Å². The molecule has 0 amide bonds. The maximum atomic E-state index is 13.5. The van der Waals surface area contributed by atoms with Gasteiger partial charge in [-0.3, -0.25) is 4.98 Å². The van der Waals surface area contributed by atoms with Gasteiger partial charge in [-0.2, -0.15) is 4.31 Å². The van der Waals surface area contributed by atoms with Crippen LogP contribution in [0.25, 0.3) is 11.1 Å². The predicted molar refractivity (Wildman–Crippen MR) is 160 cm³/mol. The van der Waals surface area contributed by atoms with Gasteiger partial charge < -0.3 is 25.0 Å². The van der Waals surface area contributed by atoms with Gasteiger partial charge in [0.25, 0.3) is 0 Å². The Morgan fingerprint density at radius 1 is 1.02 bits per heavy atom. The summed E-state index contributed by atoms with van der Waals surface area (Å²) in [6.45, 7) is 0.914.